The van der Waals surface area contributed by atoms with Crippen LogP contribution in [0.3, 0.4) is 0 Å². The molecule has 1 aliphatic rings. The van der Waals surface area contributed by atoms with E-state index in [1.165, 1.54) is 10.4 Å². The quantitative estimate of drug-likeness (QED) is 0.273. The molecule has 0 unspecified atom stereocenters. The van der Waals surface area contributed by atoms with Gasteiger partial charge in [-0.1, -0.05) is 12.1 Å². The molecular formula is C25H22N4O2S2. The number of aliphatic carboxylic acids is 1. The minimum absolute atomic E-state index is 0.181. The third kappa shape index (κ3) is 3.88. The molecule has 6 nitrogen and oxygen atoms in total. The lowest BCUT2D eigenvalue weighted by Gasteiger charge is -2.10. The van der Waals surface area contributed by atoms with Gasteiger partial charge in [-0.15, -0.1) is 11.3 Å². The number of nitrogens with zero attached hydrogens (tertiary/aromatic N) is 3. The Morgan fingerprint density at radius 2 is 2.09 bits per heavy atom. The van der Waals surface area contributed by atoms with Crippen LogP contribution in [0, 0.1) is 25.2 Å². The molecule has 0 amide bonds. The number of nitriles is 1. The topological polar surface area (TPSA) is 94.7 Å². The van der Waals surface area contributed by atoms with Crippen LogP contribution in [0.4, 0.5) is 0 Å². The molecule has 0 atom stereocenters. The number of thiophene rings is 1. The lowest BCUT2D eigenvalue weighted by Crippen LogP contribution is -2.02. The molecule has 0 aliphatic heterocycles. The average molecular weight is 475 g/mol. The van der Waals surface area contributed by atoms with Crippen molar-refractivity contribution in [1.29, 1.82) is 5.26 Å². The van der Waals surface area contributed by atoms with Crippen molar-refractivity contribution in [2.75, 3.05) is 0 Å². The first-order valence-corrected chi connectivity index (χ1v) is 12.4. The van der Waals surface area contributed by atoms with Crippen LogP contribution in [-0.2, 0) is 17.6 Å². The van der Waals surface area contributed by atoms with Crippen LogP contribution >= 0.6 is 23.1 Å². The highest BCUT2D eigenvalue weighted by molar-refractivity contribution is 8.04. The van der Waals surface area contributed by atoms with Gasteiger partial charge in [0.15, 0.2) is 5.16 Å². The Hall–Kier alpha value is -3.28. The van der Waals surface area contributed by atoms with E-state index in [2.05, 4.69) is 20.6 Å². The Morgan fingerprint density at radius 3 is 2.85 bits per heavy atom. The summed E-state index contributed by atoms with van der Waals surface area (Å²) in [4.78, 5) is 21.2. The summed E-state index contributed by atoms with van der Waals surface area (Å²) in [6, 6.07) is 12.0. The van der Waals surface area contributed by atoms with Crippen molar-refractivity contribution in [3.63, 3.8) is 0 Å². The largest absolute Gasteiger partial charge is 0.477 e. The van der Waals surface area contributed by atoms with Gasteiger partial charge >= 0.3 is 5.97 Å². The van der Waals surface area contributed by atoms with E-state index in [-0.39, 0.29) is 4.91 Å². The van der Waals surface area contributed by atoms with Crippen molar-refractivity contribution in [1.82, 2.24) is 14.5 Å². The molecule has 1 aromatic carbocycles. The van der Waals surface area contributed by atoms with Gasteiger partial charge < -0.3 is 14.7 Å². The van der Waals surface area contributed by atoms with E-state index < -0.39 is 5.97 Å². The molecule has 0 saturated carbocycles. The minimum Gasteiger partial charge on any atom is -0.477 e. The summed E-state index contributed by atoms with van der Waals surface area (Å²) in [6.45, 7) is 3.97. The number of rotatable bonds is 5. The van der Waals surface area contributed by atoms with Crippen LogP contribution < -0.4 is 0 Å². The number of aryl methyl sites for hydroxylation is 2. The third-order valence-electron chi connectivity index (χ3n) is 6.01. The first-order valence-electron chi connectivity index (χ1n) is 10.8. The van der Waals surface area contributed by atoms with Gasteiger partial charge in [-0.25, -0.2) is 9.78 Å². The van der Waals surface area contributed by atoms with Crippen LogP contribution in [0.5, 0.6) is 0 Å². The molecule has 2 N–H and O–H groups in total. The molecule has 4 aromatic rings. The number of carboxylic acid groups (broad SMARTS) is 1. The van der Waals surface area contributed by atoms with Gasteiger partial charge in [0, 0.05) is 16.3 Å². The van der Waals surface area contributed by atoms with Crippen LogP contribution in [0.15, 0.2) is 40.4 Å². The molecule has 0 fully saturated rings. The molecule has 5 rings (SSSR count). The van der Waals surface area contributed by atoms with Crippen molar-refractivity contribution in [2.24, 2.45) is 0 Å². The van der Waals surface area contributed by atoms with Crippen molar-refractivity contribution in [3.05, 3.63) is 68.2 Å². The Bertz CT molecular complexity index is 1430. The number of imidazole rings is 1. The summed E-state index contributed by atoms with van der Waals surface area (Å²) in [6.07, 6.45) is 5.96. The number of nitrogens with one attached hydrogen (secondary N) is 1. The van der Waals surface area contributed by atoms with Crippen LogP contribution in [0.25, 0.3) is 22.1 Å². The first kappa shape index (κ1) is 21.6. The average Bonchev–Trinajstić information content (AvgIpc) is 3.45. The van der Waals surface area contributed by atoms with E-state index in [0.29, 0.717) is 5.16 Å². The molecule has 33 heavy (non-hydrogen) atoms. The Balaban J connectivity index is 1.55. The number of aromatic nitrogens is 3. The molecule has 8 heteroatoms. The highest BCUT2D eigenvalue weighted by Crippen LogP contribution is 2.39. The molecule has 0 saturated heterocycles. The van der Waals surface area contributed by atoms with Gasteiger partial charge in [0.25, 0.3) is 0 Å². The van der Waals surface area contributed by atoms with E-state index in [0.717, 1.165) is 76.0 Å². The lowest BCUT2D eigenvalue weighted by molar-refractivity contribution is -0.131. The van der Waals surface area contributed by atoms with Gasteiger partial charge in [-0.3, -0.25) is 0 Å². The fraction of sp³-hybridized carbons (Fsp3) is 0.240. The number of benzene rings is 1. The van der Waals surface area contributed by atoms with Crippen molar-refractivity contribution < 1.29 is 9.90 Å². The smallest absolute Gasteiger partial charge is 0.342 e. The number of carboxylic acids is 1. The van der Waals surface area contributed by atoms with Crippen molar-refractivity contribution >= 4 is 46.2 Å². The third-order valence-corrected chi connectivity index (χ3v) is 8.19. The van der Waals surface area contributed by atoms with E-state index >= 15 is 0 Å². The second kappa shape index (κ2) is 8.58. The number of H-pyrrole nitrogens is 1. The second-order valence-corrected chi connectivity index (χ2v) is 10.3. The summed E-state index contributed by atoms with van der Waals surface area (Å²) in [5.74, 6) is -1.01. The number of hydrogen-bond donors (Lipinski definition) is 2. The standard InChI is InChI=1S/C25H22N4O2S2/c1-14-11-16(12-22(24(30)31)33-25-27-19-8-4-5-9-20(19)28-25)15(2)29(14)23-18(13-26)17-7-3-6-10-21(17)32-23/h4-5,8-9,11-12H,3,6-7,10H2,1-2H3,(H,27,28)(H,30,31)/b22-12-. The van der Waals surface area contributed by atoms with E-state index in [9.17, 15) is 15.2 Å². The normalized spacial score (nSPS) is 13.8. The second-order valence-electron chi connectivity index (χ2n) is 8.14. The van der Waals surface area contributed by atoms with Crippen molar-refractivity contribution in [2.45, 2.75) is 44.7 Å². The fourth-order valence-corrected chi connectivity index (χ4v) is 6.67. The zero-order valence-electron chi connectivity index (χ0n) is 18.3. The molecular weight excluding hydrogens is 452 g/mol. The van der Waals surface area contributed by atoms with E-state index in [1.54, 1.807) is 17.4 Å². The molecule has 166 valence electrons. The number of hydrogen-bond acceptors (Lipinski definition) is 5. The maximum atomic E-state index is 12.1. The summed E-state index contributed by atoms with van der Waals surface area (Å²) >= 11 is 2.80. The zero-order chi connectivity index (χ0) is 23.1. The van der Waals surface area contributed by atoms with Gasteiger partial charge in [-0.2, -0.15) is 5.26 Å². The highest BCUT2D eigenvalue weighted by atomic mass is 32.2. The van der Waals surface area contributed by atoms with Crippen LogP contribution in [-0.4, -0.2) is 25.6 Å². The van der Waals surface area contributed by atoms with Gasteiger partial charge in [0.1, 0.15) is 16.0 Å². The molecule has 3 heterocycles. The van der Waals surface area contributed by atoms with Crippen LogP contribution in [0.2, 0.25) is 0 Å². The molecule has 3 aromatic heterocycles. The molecule has 0 bridgehead atoms. The highest BCUT2D eigenvalue weighted by Gasteiger charge is 2.24. The first-order chi connectivity index (χ1) is 16.0. The Labute approximate surface area is 199 Å². The number of thioether (sulfide) groups is 1. The molecule has 1 aliphatic carbocycles. The maximum absolute atomic E-state index is 12.1. The maximum Gasteiger partial charge on any atom is 0.342 e. The predicted octanol–water partition coefficient (Wildman–Crippen LogP) is 6.00. The summed E-state index contributed by atoms with van der Waals surface area (Å²) in [5.41, 5.74) is 6.35. The SMILES string of the molecule is Cc1cc(/C=C(\Sc2nc3ccccc3[nH]2)C(=O)O)c(C)n1-c1sc2c(c1C#N)CCCC2. The van der Waals surface area contributed by atoms with E-state index in [1.807, 2.05) is 44.2 Å². The summed E-state index contributed by atoms with van der Waals surface area (Å²) in [5, 5.41) is 21.2. The monoisotopic (exact) mass is 474 g/mol. The zero-order valence-corrected chi connectivity index (χ0v) is 19.9. The van der Waals surface area contributed by atoms with Crippen LogP contribution in [0.1, 0.15) is 45.8 Å². The number of fused-ring (bicyclic) bond motifs is 2. The minimum atomic E-state index is -1.01. The summed E-state index contributed by atoms with van der Waals surface area (Å²) in [7, 11) is 0. The lowest BCUT2D eigenvalue weighted by atomic mass is 9.96. The van der Waals surface area contributed by atoms with Gasteiger partial charge in [0.2, 0.25) is 0 Å². The summed E-state index contributed by atoms with van der Waals surface area (Å²) < 4.78 is 2.10. The molecule has 0 spiro atoms. The van der Waals surface area contributed by atoms with Gasteiger partial charge in [0.05, 0.1) is 16.6 Å². The predicted molar refractivity (Wildman–Crippen MR) is 132 cm³/mol. The van der Waals surface area contributed by atoms with Crippen molar-refractivity contribution in [3.8, 4) is 11.1 Å². The molecule has 0 radical (unpaired) electrons. The Morgan fingerprint density at radius 1 is 1.30 bits per heavy atom. The van der Waals surface area contributed by atoms with Gasteiger partial charge in [-0.05, 0) is 86.7 Å². The number of aromatic amines is 1. The fourth-order valence-electron chi connectivity index (χ4n) is 4.43. The number of para-hydroxylation sites is 2. The Kier molecular flexibility index (Phi) is 5.60. The van der Waals surface area contributed by atoms with E-state index in [4.69, 9.17) is 0 Å². The number of carbonyl (C=O) groups is 1.